The van der Waals surface area contributed by atoms with Crippen molar-refractivity contribution >= 4 is 23.3 Å². The van der Waals surface area contributed by atoms with E-state index in [0.717, 1.165) is 12.1 Å². The molecule has 24 heavy (non-hydrogen) atoms. The maximum atomic E-state index is 11.0. The van der Waals surface area contributed by atoms with Crippen LogP contribution in [-0.2, 0) is 0 Å². The third kappa shape index (κ3) is 3.55. The van der Waals surface area contributed by atoms with Crippen LogP contribution in [0.4, 0.5) is 17.1 Å². The molecule has 2 N–H and O–H groups in total. The fourth-order valence-electron chi connectivity index (χ4n) is 1.86. The first kappa shape index (κ1) is 16.7. The number of benzene rings is 2. The van der Waals surface area contributed by atoms with Crippen molar-refractivity contribution in [2.75, 3.05) is 12.5 Å². The maximum Gasteiger partial charge on any atom is 0.301 e. The minimum atomic E-state index is -0.756. The predicted molar refractivity (Wildman–Crippen MR) is 85.6 cm³/mol. The third-order valence-electron chi connectivity index (χ3n) is 3.03. The van der Waals surface area contributed by atoms with Crippen LogP contribution in [0.15, 0.2) is 41.5 Å². The number of para-hydroxylation sites is 1. The Morgan fingerprint density at radius 3 is 2.58 bits per heavy atom. The number of ether oxygens (including phenoxy) is 1. The topological polar surface area (TPSA) is 140 Å². The highest BCUT2D eigenvalue weighted by Gasteiger charge is 2.19. The highest BCUT2D eigenvalue weighted by Crippen LogP contribution is 2.30. The summed E-state index contributed by atoms with van der Waals surface area (Å²) in [6.45, 7) is 0. The van der Waals surface area contributed by atoms with Crippen molar-refractivity contribution in [1.82, 2.24) is 0 Å². The van der Waals surface area contributed by atoms with Gasteiger partial charge in [-0.2, -0.15) is 5.10 Å². The summed E-state index contributed by atoms with van der Waals surface area (Å²) < 4.78 is 4.95. The predicted octanol–water partition coefficient (Wildman–Crippen LogP) is 2.66. The van der Waals surface area contributed by atoms with Crippen LogP contribution in [0.3, 0.4) is 0 Å². The van der Waals surface area contributed by atoms with Crippen LogP contribution in [0.25, 0.3) is 0 Å². The van der Waals surface area contributed by atoms with Crippen molar-refractivity contribution in [3.8, 4) is 11.5 Å². The molecule has 0 atom stereocenters. The van der Waals surface area contributed by atoms with Gasteiger partial charge >= 0.3 is 5.69 Å². The molecular formula is C14H12N4O6. The summed E-state index contributed by atoms with van der Waals surface area (Å²) in [5, 5.41) is 35.4. The van der Waals surface area contributed by atoms with Gasteiger partial charge in [-0.25, -0.2) is 0 Å². The van der Waals surface area contributed by atoms with Crippen molar-refractivity contribution in [2.24, 2.45) is 5.10 Å². The molecule has 2 rings (SSSR count). The molecule has 10 heteroatoms. The minimum absolute atomic E-state index is 0.0239. The Kier molecular flexibility index (Phi) is 4.90. The Labute approximate surface area is 135 Å². The summed E-state index contributed by atoms with van der Waals surface area (Å²) in [6.07, 6.45) is 1.24. The first-order valence-corrected chi connectivity index (χ1v) is 6.52. The first-order valence-electron chi connectivity index (χ1n) is 6.52. The Morgan fingerprint density at radius 1 is 1.21 bits per heavy atom. The molecule has 0 saturated carbocycles. The number of anilines is 1. The van der Waals surface area contributed by atoms with Gasteiger partial charge in [0, 0.05) is 11.6 Å². The lowest BCUT2D eigenvalue weighted by molar-refractivity contribution is -0.393. The number of aromatic hydroxyl groups is 1. The van der Waals surface area contributed by atoms with E-state index in [1.54, 1.807) is 18.2 Å². The van der Waals surface area contributed by atoms with Gasteiger partial charge in [-0.15, -0.1) is 0 Å². The van der Waals surface area contributed by atoms with Gasteiger partial charge in [0.15, 0.2) is 11.5 Å². The number of nitro groups is 2. The zero-order valence-electron chi connectivity index (χ0n) is 12.4. The van der Waals surface area contributed by atoms with Crippen LogP contribution < -0.4 is 10.2 Å². The molecule has 0 aliphatic rings. The average molecular weight is 332 g/mol. The van der Waals surface area contributed by atoms with Gasteiger partial charge in [0.2, 0.25) is 0 Å². The van der Waals surface area contributed by atoms with Gasteiger partial charge in [0.25, 0.3) is 5.69 Å². The molecule has 0 amide bonds. The lowest BCUT2D eigenvalue weighted by Crippen LogP contribution is -1.99. The van der Waals surface area contributed by atoms with E-state index in [1.807, 2.05) is 0 Å². The normalized spacial score (nSPS) is 10.5. The molecule has 2 aromatic rings. The molecule has 0 fully saturated rings. The minimum Gasteiger partial charge on any atom is -0.504 e. The summed E-state index contributed by atoms with van der Waals surface area (Å²) in [6, 6.07) is 7.89. The van der Waals surface area contributed by atoms with Gasteiger partial charge in [-0.1, -0.05) is 6.07 Å². The summed E-state index contributed by atoms with van der Waals surface area (Å²) in [4.78, 5) is 20.2. The van der Waals surface area contributed by atoms with Gasteiger partial charge in [0.05, 0.1) is 29.2 Å². The van der Waals surface area contributed by atoms with Crippen LogP contribution >= 0.6 is 0 Å². The second kappa shape index (κ2) is 7.05. The van der Waals surface area contributed by atoms with Crippen LogP contribution in [-0.4, -0.2) is 28.3 Å². The summed E-state index contributed by atoms with van der Waals surface area (Å²) in [5.74, 6) is 0.115. The van der Waals surface area contributed by atoms with Crippen LogP contribution in [0.2, 0.25) is 0 Å². The Balaban J connectivity index is 2.26. The molecule has 0 aliphatic carbocycles. The molecule has 10 nitrogen and oxygen atoms in total. The number of methoxy groups -OCH3 is 1. The second-order valence-corrected chi connectivity index (χ2v) is 4.48. The van der Waals surface area contributed by atoms with Crippen molar-refractivity contribution in [3.63, 3.8) is 0 Å². The van der Waals surface area contributed by atoms with Crippen LogP contribution in [0, 0.1) is 20.2 Å². The zero-order chi connectivity index (χ0) is 17.7. The van der Waals surface area contributed by atoms with Crippen molar-refractivity contribution in [2.45, 2.75) is 0 Å². The van der Waals surface area contributed by atoms with E-state index in [2.05, 4.69) is 10.5 Å². The van der Waals surface area contributed by atoms with Gasteiger partial charge in [-0.3, -0.25) is 25.7 Å². The molecule has 0 saturated heterocycles. The number of rotatable bonds is 6. The molecule has 0 bridgehead atoms. The first-order chi connectivity index (χ1) is 11.4. The number of nitrogens with one attached hydrogen (secondary N) is 1. The van der Waals surface area contributed by atoms with E-state index < -0.39 is 21.2 Å². The summed E-state index contributed by atoms with van der Waals surface area (Å²) in [7, 11) is 1.40. The van der Waals surface area contributed by atoms with Gasteiger partial charge in [-0.05, 0) is 18.2 Å². The quantitative estimate of drug-likeness (QED) is 0.470. The van der Waals surface area contributed by atoms with Crippen LogP contribution in [0.5, 0.6) is 11.5 Å². The number of nitro benzene ring substituents is 2. The molecule has 0 spiro atoms. The number of hydrazone groups is 1. The third-order valence-corrected chi connectivity index (χ3v) is 3.03. The number of hydrogen-bond donors (Lipinski definition) is 2. The molecule has 0 unspecified atom stereocenters. The zero-order valence-corrected chi connectivity index (χ0v) is 12.4. The fraction of sp³-hybridized carbons (Fsp3) is 0.0714. The molecule has 0 heterocycles. The number of non-ortho nitro benzene ring substituents is 1. The number of nitrogens with zero attached hydrogens (tertiary/aromatic N) is 3. The standard InChI is InChI=1S/C14H12N4O6/c1-24-13-4-2-3-9(14(13)19)8-15-16-11-6-5-10(17(20)21)7-12(11)18(22)23/h2-8,16,19H,1H3. The van der Waals surface area contributed by atoms with Crippen molar-refractivity contribution in [1.29, 1.82) is 0 Å². The smallest absolute Gasteiger partial charge is 0.301 e. The van der Waals surface area contributed by atoms with E-state index in [4.69, 9.17) is 4.74 Å². The molecular weight excluding hydrogens is 320 g/mol. The van der Waals surface area contributed by atoms with Crippen molar-refractivity contribution in [3.05, 3.63) is 62.2 Å². The Hall–Kier alpha value is -3.69. The van der Waals surface area contributed by atoms with Gasteiger partial charge in [0.1, 0.15) is 5.69 Å². The molecule has 124 valence electrons. The van der Waals surface area contributed by atoms with E-state index in [0.29, 0.717) is 5.56 Å². The Bertz CT molecular complexity index is 821. The second-order valence-electron chi connectivity index (χ2n) is 4.48. The van der Waals surface area contributed by atoms with Crippen molar-refractivity contribution < 1.29 is 19.7 Å². The number of phenols is 1. The molecule has 0 aliphatic heterocycles. The van der Waals surface area contributed by atoms with E-state index in [1.165, 1.54) is 19.4 Å². The van der Waals surface area contributed by atoms with E-state index in [9.17, 15) is 25.3 Å². The molecule has 0 radical (unpaired) electrons. The Morgan fingerprint density at radius 2 is 1.96 bits per heavy atom. The van der Waals surface area contributed by atoms with E-state index >= 15 is 0 Å². The highest BCUT2D eigenvalue weighted by atomic mass is 16.6. The lowest BCUT2D eigenvalue weighted by atomic mass is 10.2. The molecule has 2 aromatic carbocycles. The lowest BCUT2D eigenvalue weighted by Gasteiger charge is -2.05. The SMILES string of the molecule is COc1cccc(C=NNc2ccc([N+](=O)[O-])cc2[N+](=O)[O-])c1O. The largest absolute Gasteiger partial charge is 0.504 e. The monoisotopic (exact) mass is 332 g/mol. The van der Waals surface area contributed by atoms with Crippen LogP contribution in [0.1, 0.15) is 5.56 Å². The molecule has 0 aromatic heterocycles. The fourth-order valence-corrected chi connectivity index (χ4v) is 1.86. The number of hydrogen-bond acceptors (Lipinski definition) is 8. The van der Waals surface area contributed by atoms with E-state index in [-0.39, 0.29) is 17.2 Å². The summed E-state index contributed by atoms with van der Waals surface area (Å²) >= 11 is 0. The maximum absolute atomic E-state index is 11.0. The summed E-state index contributed by atoms with van der Waals surface area (Å²) in [5.41, 5.74) is 1.84. The highest BCUT2D eigenvalue weighted by molar-refractivity contribution is 5.85. The van der Waals surface area contributed by atoms with Gasteiger partial charge < -0.3 is 9.84 Å². The number of phenolic OH excluding ortho intramolecular Hbond substituents is 1. The average Bonchev–Trinajstić information content (AvgIpc) is 2.56.